The zero-order valence-corrected chi connectivity index (χ0v) is 18.1. The number of esters is 1. The number of carbonyl (C=O) groups excluding carboxylic acids is 3. The number of nitrogens with two attached hydrogens (primary N) is 1. The summed E-state index contributed by atoms with van der Waals surface area (Å²) in [6.45, 7) is 4.73. The zero-order valence-electron chi connectivity index (χ0n) is 18.1. The Hall–Kier alpha value is -2.57. The van der Waals surface area contributed by atoms with E-state index in [1.54, 1.807) is 11.0 Å². The normalized spacial score (nSPS) is 20.5. The minimum atomic E-state index is -0.547. The predicted octanol–water partition coefficient (Wildman–Crippen LogP) is 2.89. The van der Waals surface area contributed by atoms with Gasteiger partial charge >= 0.3 is 5.97 Å². The average molecular weight is 416 g/mol. The Labute approximate surface area is 178 Å². The summed E-state index contributed by atoms with van der Waals surface area (Å²) in [5.41, 5.74) is 8.71. The lowest BCUT2D eigenvalue weighted by Crippen LogP contribution is -2.45. The summed E-state index contributed by atoms with van der Waals surface area (Å²) in [6, 6.07) is 2.63. The molecule has 2 fully saturated rings. The maximum Gasteiger partial charge on any atom is 0.331 e. The van der Waals surface area contributed by atoms with Crippen molar-refractivity contribution in [2.45, 2.75) is 64.8 Å². The van der Waals surface area contributed by atoms with Gasteiger partial charge in [-0.15, -0.1) is 0 Å². The lowest BCUT2D eigenvalue weighted by molar-refractivity contribution is -0.149. The largest absolute Gasteiger partial charge is 0.452 e. The van der Waals surface area contributed by atoms with E-state index >= 15 is 0 Å². The fraction of sp³-hybridized carbons (Fsp3) is 0.609. The van der Waals surface area contributed by atoms with Gasteiger partial charge < -0.3 is 19.9 Å². The van der Waals surface area contributed by atoms with Crippen molar-refractivity contribution in [3.63, 3.8) is 0 Å². The third-order valence-electron chi connectivity index (χ3n) is 6.38. The molecule has 30 heavy (non-hydrogen) atoms. The average Bonchev–Trinajstić information content (AvgIpc) is 3.04. The van der Waals surface area contributed by atoms with Gasteiger partial charge in [0.2, 0.25) is 5.91 Å². The van der Waals surface area contributed by atoms with Gasteiger partial charge in [-0.05, 0) is 57.2 Å². The van der Waals surface area contributed by atoms with Crippen molar-refractivity contribution in [2.24, 2.45) is 11.7 Å². The third kappa shape index (κ3) is 5.32. The summed E-state index contributed by atoms with van der Waals surface area (Å²) >= 11 is 0. The van der Waals surface area contributed by atoms with Gasteiger partial charge in [-0.1, -0.05) is 19.3 Å². The maximum absolute atomic E-state index is 12.3. The predicted molar refractivity (Wildman–Crippen MR) is 115 cm³/mol. The van der Waals surface area contributed by atoms with Crippen LogP contribution in [-0.2, 0) is 19.1 Å². The number of piperidine rings is 1. The van der Waals surface area contributed by atoms with E-state index in [-0.39, 0.29) is 18.4 Å². The van der Waals surface area contributed by atoms with Gasteiger partial charge in [-0.3, -0.25) is 9.59 Å². The van der Waals surface area contributed by atoms with Crippen LogP contribution in [0.2, 0.25) is 0 Å². The van der Waals surface area contributed by atoms with Gasteiger partial charge in [0.25, 0.3) is 5.91 Å². The van der Waals surface area contributed by atoms with Gasteiger partial charge in [0.1, 0.15) is 0 Å². The fourth-order valence-corrected chi connectivity index (χ4v) is 4.74. The number of likely N-dealkylation sites (tertiary alicyclic amines) is 1. The standard InChI is InChI=1S/C23H33N3O4/c1-16-13-18(17(2)26(16)20-8-4-3-5-9-20)10-11-22(28)30-15-21(27)25-12-6-7-19(14-25)23(24)29/h10-11,13,19-20H,3-9,12,14-15H2,1-2H3,(H2,24,29)/b11-10+/t19-/m0/s1. The van der Waals surface area contributed by atoms with Crippen molar-refractivity contribution < 1.29 is 19.1 Å². The molecule has 0 bridgehead atoms. The van der Waals surface area contributed by atoms with Crippen molar-refractivity contribution >= 4 is 23.9 Å². The molecule has 7 heteroatoms. The molecule has 1 aliphatic heterocycles. The molecular weight excluding hydrogens is 382 g/mol. The van der Waals surface area contributed by atoms with Crippen molar-refractivity contribution in [3.05, 3.63) is 29.1 Å². The molecule has 1 aliphatic carbocycles. The highest BCUT2D eigenvalue weighted by molar-refractivity contribution is 5.89. The second-order valence-electron chi connectivity index (χ2n) is 8.51. The minimum absolute atomic E-state index is 0.293. The molecule has 2 heterocycles. The van der Waals surface area contributed by atoms with Crippen LogP contribution in [0.1, 0.15) is 67.9 Å². The number of aryl methyl sites for hydroxylation is 1. The number of aromatic nitrogens is 1. The molecule has 0 aromatic carbocycles. The second-order valence-corrected chi connectivity index (χ2v) is 8.51. The first-order valence-electron chi connectivity index (χ1n) is 11.0. The first kappa shape index (κ1) is 22.1. The lowest BCUT2D eigenvalue weighted by Gasteiger charge is -2.30. The fourth-order valence-electron chi connectivity index (χ4n) is 4.74. The van der Waals surface area contributed by atoms with Crippen molar-refractivity contribution in [2.75, 3.05) is 19.7 Å². The molecule has 1 atom stereocenters. The molecule has 2 N–H and O–H groups in total. The summed E-state index contributed by atoms with van der Waals surface area (Å²) in [5.74, 6) is -1.55. The lowest BCUT2D eigenvalue weighted by atomic mass is 9.95. The van der Waals surface area contributed by atoms with E-state index in [0.29, 0.717) is 25.6 Å². The van der Waals surface area contributed by atoms with Gasteiger partial charge in [-0.2, -0.15) is 0 Å². The van der Waals surface area contributed by atoms with Gasteiger partial charge in [0, 0.05) is 36.6 Å². The molecule has 7 nitrogen and oxygen atoms in total. The van der Waals surface area contributed by atoms with Crippen LogP contribution in [0.15, 0.2) is 12.1 Å². The minimum Gasteiger partial charge on any atom is -0.452 e. The topological polar surface area (TPSA) is 94.6 Å². The summed E-state index contributed by atoms with van der Waals surface area (Å²) in [7, 11) is 0. The molecule has 1 saturated carbocycles. The Balaban J connectivity index is 1.53. The van der Waals surface area contributed by atoms with Gasteiger partial charge in [-0.25, -0.2) is 4.79 Å². The number of carbonyl (C=O) groups is 3. The van der Waals surface area contributed by atoms with Crippen LogP contribution in [-0.4, -0.2) is 46.9 Å². The summed E-state index contributed by atoms with van der Waals surface area (Å²) in [5, 5.41) is 0. The molecule has 0 unspecified atom stereocenters. The number of rotatable bonds is 6. The van der Waals surface area contributed by atoms with Crippen LogP contribution in [0, 0.1) is 19.8 Å². The number of amides is 2. The van der Waals surface area contributed by atoms with Crippen LogP contribution in [0.25, 0.3) is 6.08 Å². The Kier molecular flexibility index (Phi) is 7.34. The molecule has 3 rings (SSSR count). The Bertz CT molecular complexity index is 821. The number of ether oxygens (including phenoxy) is 1. The smallest absolute Gasteiger partial charge is 0.331 e. The molecule has 164 valence electrons. The molecule has 0 radical (unpaired) electrons. The highest BCUT2D eigenvalue weighted by Crippen LogP contribution is 2.32. The van der Waals surface area contributed by atoms with Crippen LogP contribution in [0.4, 0.5) is 0 Å². The van der Waals surface area contributed by atoms with E-state index < -0.39 is 11.9 Å². The van der Waals surface area contributed by atoms with E-state index in [2.05, 4.69) is 24.5 Å². The van der Waals surface area contributed by atoms with E-state index in [1.807, 2.05) is 0 Å². The Morgan fingerprint density at radius 1 is 1.13 bits per heavy atom. The number of primary amides is 1. The van der Waals surface area contributed by atoms with E-state index in [0.717, 1.165) is 17.7 Å². The molecular formula is C23H33N3O4. The molecule has 1 saturated heterocycles. The maximum atomic E-state index is 12.3. The van der Waals surface area contributed by atoms with Crippen molar-refractivity contribution in [3.8, 4) is 0 Å². The molecule has 1 aromatic rings. The van der Waals surface area contributed by atoms with Gasteiger partial charge in [0.05, 0.1) is 5.92 Å². The zero-order chi connectivity index (χ0) is 21.7. The number of nitrogens with zero attached hydrogens (tertiary/aromatic N) is 2. The van der Waals surface area contributed by atoms with Crippen LogP contribution < -0.4 is 5.73 Å². The van der Waals surface area contributed by atoms with Crippen LogP contribution in [0.5, 0.6) is 0 Å². The summed E-state index contributed by atoms with van der Waals surface area (Å²) < 4.78 is 7.52. The Morgan fingerprint density at radius 3 is 2.57 bits per heavy atom. The van der Waals surface area contributed by atoms with Crippen molar-refractivity contribution in [1.82, 2.24) is 9.47 Å². The molecule has 2 aliphatic rings. The number of hydrogen-bond donors (Lipinski definition) is 1. The number of hydrogen-bond acceptors (Lipinski definition) is 4. The first-order chi connectivity index (χ1) is 14.4. The molecule has 1 aromatic heterocycles. The Morgan fingerprint density at radius 2 is 1.87 bits per heavy atom. The first-order valence-corrected chi connectivity index (χ1v) is 11.0. The van der Waals surface area contributed by atoms with Gasteiger partial charge in [0.15, 0.2) is 6.61 Å². The van der Waals surface area contributed by atoms with E-state index in [4.69, 9.17) is 10.5 Å². The monoisotopic (exact) mass is 415 g/mol. The van der Waals surface area contributed by atoms with E-state index in [9.17, 15) is 14.4 Å². The van der Waals surface area contributed by atoms with Crippen LogP contribution >= 0.6 is 0 Å². The molecule has 2 amide bonds. The van der Waals surface area contributed by atoms with Crippen molar-refractivity contribution in [1.29, 1.82) is 0 Å². The van der Waals surface area contributed by atoms with Crippen LogP contribution in [0.3, 0.4) is 0 Å². The highest BCUT2D eigenvalue weighted by atomic mass is 16.5. The summed E-state index contributed by atoms with van der Waals surface area (Å²) in [4.78, 5) is 37.3. The second kappa shape index (κ2) is 9.96. The van der Waals surface area contributed by atoms with E-state index in [1.165, 1.54) is 43.9 Å². The third-order valence-corrected chi connectivity index (χ3v) is 6.38. The SMILES string of the molecule is Cc1cc(/C=C/C(=O)OCC(=O)N2CCC[C@H](C(N)=O)C2)c(C)n1C1CCCCC1. The molecule has 0 spiro atoms. The highest BCUT2D eigenvalue weighted by Gasteiger charge is 2.27. The summed E-state index contributed by atoms with van der Waals surface area (Å²) in [6.07, 6.45) is 10.8. The quantitative estimate of drug-likeness (QED) is 0.571.